The van der Waals surface area contributed by atoms with Crippen LogP contribution in [0.25, 0.3) is 0 Å². The van der Waals surface area contributed by atoms with E-state index in [1.807, 2.05) is 0 Å². The lowest BCUT2D eigenvalue weighted by atomic mass is 9.97. The molecule has 0 bridgehead atoms. The van der Waals surface area contributed by atoms with Crippen LogP contribution in [0.3, 0.4) is 0 Å². The highest BCUT2D eigenvalue weighted by molar-refractivity contribution is 7.92. The summed E-state index contributed by atoms with van der Waals surface area (Å²) in [5.74, 6) is -1.42. The maximum absolute atomic E-state index is 12.9. The Bertz CT molecular complexity index is 1230. The molecule has 0 aromatic heterocycles. The molecule has 33 heavy (non-hydrogen) atoms. The summed E-state index contributed by atoms with van der Waals surface area (Å²) in [6, 6.07) is 11.8. The van der Waals surface area contributed by atoms with Crippen LogP contribution in [0.4, 0.5) is 11.4 Å². The van der Waals surface area contributed by atoms with E-state index in [2.05, 4.69) is 9.82 Å². The molecule has 1 amide bonds. The average molecular weight is 474 g/mol. The zero-order chi connectivity index (χ0) is 24.2. The summed E-state index contributed by atoms with van der Waals surface area (Å²) >= 11 is 0. The summed E-state index contributed by atoms with van der Waals surface area (Å²) in [4.78, 5) is 34.3. The summed E-state index contributed by atoms with van der Waals surface area (Å²) in [5.41, 5.74) is 1.80. The van der Waals surface area contributed by atoms with Gasteiger partial charge in [0.15, 0.2) is 0 Å². The Balaban J connectivity index is 1.93. The van der Waals surface area contributed by atoms with E-state index in [0.29, 0.717) is 22.5 Å². The number of hydrogen-bond donors (Lipinski definition) is 2. The van der Waals surface area contributed by atoms with Crippen LogP contribution in [0.5, 0.6) is 0 Å². The van der Waals surface area contributed by atoms with Crippen molar-refractivity contribution < 1.29 is 28.0 Å². The topological polar surface area (TPSA) is 159 Å². The van der Waals surface area contributed by atoms with Gasteiger partial charge in [-0.3, -0.25) is 24.4 Å². The number of aliphatic carboxylic acids is 1. The van der Waals surface area contributed by atoms with Crippen molar-refractivity contribution in [3.63, 3.8) is 0 Å². The zero-order valence-electron chi connectivity index (χ0n) is 17.7. The van der Waals surface area contributed by atoms with E-state index in [1.54, 1.807) is 30.3 Å². The molecule has 2 aromatic rings. The first-order valence-electron chi connectivity index (χ1n) is 9.97. The zero-order valence-corrected chi connectivity index (χ0v) is 18.5. The van der Waals surface area contributed by atoms with Crippen LogP contribution in [-0.2, 0) is 19.6 Å². The monoisotopic (exact) mass is 474 g/mol. The number of nitro groups is 1. The SMILES string of the molecule is CS(=O)(=O)Nc1cccc(C2=NN(C(=O)CCCC(=O)O)C(c3cccc([N+](=O)[O-])c3)C2)c1. The van der Waals surface area contributed by atoms with Crippen molar-refractivity contribution in [1.82, 2.24) is 5.01 Å². The smallest absolute Gasteiger partial charge is 0.303 e. The summed E-state index contributed by atoms with van der Waals surface area (Å²) in [5, 5.41) is 25.7. The number of nitrogens with one attached hydrogen (secondary N) is 1. The molecule has 0 saturated heterocycles. The lowest BCUT2D eigenvalue weighted by molar-refractivity contribution is -0.385. The molecular weight excluding hydrogens is 452 g/mol. The number of sulfonamides is 1. The molecule has 0 saturated carbocycles. The molecule has 1 atom stereocenters. The van der Waals surface area contributed by atoms with Crippen molar-refractivity contribution in [2.75, 3.05) is 11.0 Å². The number of carbonyl (C=O) groups excluding carboxylic acids is 1. The normalized spacial score (nSPS) is 15.7. The van der Waals surface area contributed by atoms with Crippen LogP contribution < -0.4 is 4.72 Å². The van der Waals surface area contributed by atoms with Gasteiger partial charge in [0.2, 0.25) is 15.9 Å². The van der Waals surface area contributed by atoms with E-state index in [1.165, 1.54) is 23.2 Å². The van der Waals surface area contributed by atoms with Crippen LogP contribution in [0.1, 0.15) is 42.9 Å². The van der Waals surface area contributed by atoms with Crippen LogP contribution in [0.15, 0.2) is 53.6 Å². The third-order valence-electron chi connectivity index (χ3n) is 4.91. The van der Waals surface area contributed by atoms with Crippen molar-refractivity contribution in [1.29, 1.82) is 0 Å². The molecule has 0 fully saturated rings. The minimum Gasteiger partial charge on any atom is -0.481 e. The lowest BCUT2D eigenvalue weighted by Gasteiger charge is -2.22. The highest BCUT2D eigenvalue weighted by atomic mass is 32.2. The molecule has 0 radical (unpaired) electrons. The fourth-order valence-corrected chi connectivity index (χ4v) is 4.06. The maximum Gasteiger partial charge on any atom is 0.303 e. The quantitative estimate of drug-likeness (QED) is 0.417. The van der Waals surface area contributed by atoms with Crippen LogP contribution in [0.2, 0.25) is 0 Å². The Morgan fingerprint density at radius 1 is 1.21 bits per heavy atom. The van der Waals surface area contributed by atoms with Gasteiger partial charge in [-0.15, -0.1) is 0 Å². The van der Waals surface area contributed by atoms with E-state index in [4.69, 9.17) is 5.11 Å². The molecule has 1 unspecified atom stereocenters. The number of non-ortho nitro benzene ring substituents is 1. The number of nitrogens with zero attached hydrogens (tertiary/aromatic N) is 3. The number of carboxylic acids is 1. The van der Waals surface area contributed by atoms with Crippen molar-refractivity contribution in [3.8, 4) is 0 Å². The van der Waals surface area contributed by atoms with Crippen molar-refractivity contribution in [2.45, 2.75) is 31.7 Å². The van der Waals surface area contributed by atoms with Crippen LogP contribution in [-0.4, -0.2) is 47.3 Å². The van der Waals surface area contributed by atoms with Crippen molar-refractivity contribution >= 4 is 39.0 Å². The molecule has 1 heterocycles. The number of amides is 1. The number of carboxylic acid groups (broad SMARTS) is 1. The Morgan fingerprint density at radius 2 is 1.94 bits per heavy atom. The summed E-state index contributed by atoms with van der Waals surface area (Å²) in [6.07, 6.45) is 1.18. The number of hydrogen-bond acceptors (Lipinski definition) is 7. The third-order valence-corrected chi connectivity index (χ3v) is 5.52. The van der Waals surface area contributed by atoms with E-state index in [0.717, 1.165) is 6.26 Å². The van der Waals surface area contributed by atoms with Crippen LogP contribution >= 0.6 is 0 Å². The van der Waals surface area contributed by atoms with Gasteiger partial charge in [-0.25, -0.2) is 13.4 Å². The summed E-state index contributed by atoms with van der Waals surface area (Å²) in [7, 11) is -3.49. The number of rotatable bonds is 9. The molecule has 3 rings (SSSR count). The second kappa shape index (κ2) is 9.77. The Kier molecular flexibility index (Phi) is 7.07. The fourth-order valence-electron chi connectivity index (χ4n) is 3.50. The minimum atomic E-state index is -3.49. The predicted molar refractivity (Wildman–Crippen MR) is 120 cm³/mol. The van der Waals surface area contributed by atoms with Gasteiger partial charge in [-0.05, 0) is 29.7 Å². The predicted octanol–water partition coefficient (Wildman–Crippen LogP) is 2.90. The highest BCUT2D eigenvalue weighted by Crippen LogP contribution is 2.35. The van der Waals surface area contributed by atoms with Gasteiger partial charge < -0.3 is 5.11 Å². The first-order chi connectivity index (χ1) is 15.5. The molecular formula is C21H22N4O7S. The van der Waals surface area contributed by atoms with Gasteiger partial charge in [0.1, 0.15) is 0 Å². The molecule has 0 aliphatic carbocycles. The molecule has 2 N–H and O–H groups in total. The number of benzene rings is 2. The first kappa shape index (κ1) is 23.9. The highest BCUT2D eigenvalue weighted by Gasteiger charge is 2.33. The standard InChI is InChI=1S/C21H22N4O7S/c1-33(31,32)23-16-7-2-5-14(11-16)18-13-19(15-6-3-8-17(12-15)25(29)30)24(22-18)20(26)9-4-10-21(27)28/h2-3,5-8,11-12,19,23H,4,9-10,13H2,1H3,(H,27,28). The molecule has 11 nitrogen and oxygen atoms in total. The molecule has 12 heteroatoms. The van der Waals surface area contributed by atoms with Crippen molar-refractivity contribution in [2.24, 2.45) is 5.10 Å². The molecule has 0 spiro atoms. The number of carbonyl (C=O) groups is 2. The van der Waals surface area contributed by atoms with Gasteiger partial charge in [0, 0.05) is 37.1 Å². The van der Waals surface area contributed by atoms with Crippen molar-refractivity contribution in [3.05, 3.63) is 69.8 Å². The average Bonchev–Trinajstić information content (AvgIpc) is 3.18. The Hall–Kier alpha value is -3.80. The molecule has 1 aliphatic rings. The van der Waals surface area contributed by atoms with E-state index in [9.17, 15) is 28.1 Å². The van der Waals surface area contributed by atoms with Crippen LogP contribution in [0, 0.1) is 10.1 Å². The Morgan fingerprint density at radius 3 is 2.61 bits per heavy atom. The number of nitro benzene ring substituents is 1. The van der Waals surface area contributed by atoms with Gasteiger partial charge in [-0.2, -0.15) is 5.10 Å². The largest absolute Gasteiger partial charge is 0.481 e. The number of anilines is 1. The van der Waals surface area contributed by atoms with E-state index < -0.39 is 32.9 Å². The first-order valence-corrected chi connectivity index (χ1v) is 11.9. The van der Waals surface area contributed by atoms with Gasteiger partial charge >= 0.3 is 5.97 Å². The second-order valence-corrected chi connectivity index (χ2v) is 9.31. The third kappa shape index (κ3) is 6.35. The lowest BCUT2D eigenvalue weighted by Crippen LogP contribution is -2.27. The number of hydrazone groups is 1. The molecule has 2 aromatic carbocycles. The van der Waals surface area contributed by atoms with Gasteiger partial charge in [0.25, 0.3) is 5.69 Å². The fraction of sp³-hybridized carbons (Fsp3) is 0.286. The van der Waals surface area contributed by atoms with Gasteiger partial charge in [-0.1, -0.05) is 24.3 Å². The minimum absolute atomic E-state index is 0.0514. The Labute approximate surface area is 189 Å². The van der Waals surface area contributed by atoms with Gasteiger partial charge in [0.05, 0.1) is 22.9 Å². The maximum atomic E-state index is 12.9. The van der Waals surface area contributed by atoms with E-state index >= 15 is 0 Å². The summed E-state index contributed by atoms with van der Waals surface area (Å²) < 4.78 is 25.5. The molecule has 174 valence electrons. The van der Waals surface area contributed by atoms with E-state index in [-0.39, 0.29) is 31.4 Å². The summed E-state index contributed by atoms with van der Waals surface area (Å²) in [6.45, 7) is 0. The second-order valence-electron chi connectivity index (χ2n) is 7.56. The molecule has 1 aliphatic heterocycles.